The van der Waals surface area contributed by atoms with Crippen LogP contribution in [0.4, 0.5) is 5.69 Å². The van der Waals surface area contributed by atoms with Gasteiger partial charge in [-0.05, 0) is 94.3 Å². The van der Waals surface area contributed by atoms with Crippen LogP contribution in [-0.4, -0.2) is 16.4 Å². The molecule has 7 rings (SSSR count). The molecule has 0 N–H and O–H groups in total. The van der Waals surface area contributed by atoms with Gasteiger partial charge in [0.1, 0.15) is 11.9 Å². The van der Waals surface area contributed by atoms with Crippen molar-refractivity contribution in [2.45, 2.75) is 90.7 Å². The van der Waals surface area contributed by atoms with Crippen LogP contribution in [0.1, 0.15) is 76.5 Å². The van der Waals surface area contributed by atoms with Crippen molar-refractivity contribution in [1.29, 1.82) is 0 Å². The van der Waals surface area contributed by atoms with E-state index in [0.717, 1.165) is 96.5 Å². The highest BCUT2D eigenvalue weighted by molar-refractivity contribution is 5.93. The normalized spacial score (nSPS) is 12.4. The Morgan fingerprint density at radius 1 is 0.586 bits per heavy atom. The van der Waals surface area contributed by atoms with Gasteiger partial charge in [0.05, 0.1) is 11.4 Å². The Morgan fingerprint density at radius 3 is 1.60 bits per heavy atom. The second-order valence-electron chi connectivity index (χ2n) is 16.1. The fourth-order valence-electron chi connectivity index (χ4n) is 8.10. The summed E-state index contributed by atoms with van der Waals surface area (Å²) in [5.41, 5.74) is 12.9. The lowest BCUT2D eigenvalue weighted by molar-refractivity contribution is 0.238. The predicted molar refractivity (Wildman–Crippen MR) is 246 cm³/mol. The number of ether oxygens (including phenoxy) is 1. The summed E-state index contributed by atoms with van der Waals surface area (Å²) in [5.74, 6) is 0.892. The highest BCUT2D eigenvalue weighted by atomic mass is 16.5. The summed E-state index contributed by atoms with van der Waals surface area (Å²) < 4.78 is 10.0. The second kappa shape index (κ2) is 19.5. The molecule has 58 heavy (non-hydrogen) atoms. The SMILES string of the molecule is CCCc1cccc(CCC)c1N=C(CCn1cccc1)[C@@H](CCC(C)(C)c1ccccc1)Oc1c(-c2ccccc2)cc(-c2ccccc2)cc1-c1ccccc1. The summed E-state index contributed by atoms with van der Waals surface area (Å²) in [7, 11) is 0. The van der Waals surface area contributed by atoms with Crippen LogP contribution in [0.2, 0.25) is 0 Å². The molecule has 294 valence electrons. The van der Waals surface area contributed by atoms with Crippen LogP contribution < -0.4 is 4.74 Å². The van der Waals surface area contributed by atoms with Crippen molar-refractivity contribution < 1.29 is 4.74 Å². The standard InChI is InChI=1S/C55H58N2O/c1-5-22-45-30-21-31-46(23-6-2)53(45)56-51(35-39-57-37-19-20-38-57)52(34-36-55(3,4)48-32-17-10-18-33-48)58-54-49(43-26-13-8-14-27-43)40-47(42-24-11-7-12-25-42)41-50(54)44-28-15-9-16-29-44/h7-21,24-33,37-38,40-41,52H,5-6,22-23,34-36,39H2,1-4H3/t52-/m1/s1. The molecule has 0 aliphatic rings. The maximum Gasteiger partial charge on any atom is 0.137 e. The summed E-state index contributed by atoms with van der Waals surface area (Å²) >= 11 is 0. The number of benzene rings is 6. The number of nitrogens with zero attached hydrogens (tertiary/aromatic N) is 2. The second-order valence-corrected chi connectivity index (χ2v) is 16.1. The Balaban J connectivity index is 1.45. The minimum absolute atomic E-state index is 0.0798. The maximum atomic E-state index is 7.77. The van der Waals surface area contributed by atoms with Crippen molar-refractivity contribution in [3.8, 4) is 39.1 Å². The van der Waals surface area contributed by atoms with Crippen LogP contribution in [-0.2, 0) is 24.8 Å². The third kappa shape index (κ3) is 9.95. The minimum Gasteiger partial charge on any atom is -0.483 e. The molecule has 0 saturated heterocycles. The van der Waals surface area contributed by atoms with E-state index < -0.39 is 0 Å². The van der Waals surface area contributed by atoms with Crippen LogP contribution in [0.3, 0.4) is 0 Å². The third-order valence-electron chi connectivity index (χ3n) is 11.4. The van der Waals surface area contributed by atoms with Gasteiger partial charge in [0.25, 0.3) is 0 Å². The highest BCUT2D eigenvalue weighted by Crippen LogP contribution is 2.44. The molecular formula is C55H58N2O. The lowest BCUT2D eigenvalue weighted by Crippen LogP contribution is -2.31. The van der Waals surface area contributed by atoms with E-state index in [2.05, 4.69) is 208 Å². The molecule has 0 radical (unpaired) electrons. The number of aliphatic imine (C=N–C) groups is 1. The first kappa shape index (κ1) is 40.3. The van der Waals surface area contributed by atoms with Gasteiger partial charge in [-0.2, -0.15) is 0 Å². The molecule has 6 aromatic carbocycles. The first-order valence-corrected chi connectivity index (χ1v) is 21.3. The monoisotopic (exact) mass is 762 g/mol. The molecule has 3 nitrogen and oxygen atoms in total. The summed E-state index contributed by atoms with van der Waals surface area (Å²) in [5, 5.41) is 0. The Morgan fingerprint density at radius 2 is 1.09 bits per heavy atom. The maximum absolute atomic E-state index is 7.77. The van der Waals surface area contributed by atoms with Crippen molar-refractivity contribution >= 4 is 11.4 Å². The van der Waals surface area contributed by atoms with Crippen LogP contribution in [0.5, 0.6) is 5.75 Å². The Bertz CT molecular complexity index is 2260. The van der Waals surface area contributed by atoms with Crippen molar-refractivity contribution in [3.05, 3.63) is 193 Å². The Labute approximate surface area is 347 Å². The zero-order chi connectivity index (χ0) is 40.2. The number of aryl methyl sites for hydroxylation is 3. The number of rotatable bonds is 18. The fraction of sp³-hybridized carbons (Fsp3) is 0.255. The summed E-state index contributed by atoms with van der Waals surface area (Å²) in [4.78, 5) is 5.81. The van der Waals surface area contributed by atoms with E-state index in [1.165, 1.54) is 22.3 Å². The lowest BCUT2D eigenvalue weighted by atomic mass is 9.79. The molecule has 0 saturated carbocycles. The van der Waals surface area contributed by atoms with Crippen molar-refractivity contribution in [3.63, 3.8) is 0 Å². The third-order valence-corrected chi connectivity index (χ3v) is 11.4. The van der Waals surface area contributed by atoms with Gasteiger partial charge in [0.2, 0.25) is 0 Å². The van der Waals surface area contributed by atoms with E-state index in [-0.39, 0.29) is 11.5 Å². The molecule has 3 heteroatoms. The van der Waals surface area contributed by atoms with Crippen LogP contribution >= 0.6 is 0 Å². The predicted octanol–water partition coefficient (Wildman–Crippen LogP) is 14.8. The first-order chi connectivity index (χ1) is 28.4. The zero-order valence-electron chi connectivity index (χ0n) is 34.8. The highest BCUT2D eigenvalue weighted by Gasteiger charge is 2.29. The van der Waals surface area contributed by atoms with Gasteiger partial charge in [0, 0.05) is 36.5 Å². The van der Waals surface area contributed by atoms with Crippen molar-refractivity contribution in [1.82, 2.24) is 4.57 Å². The molecule has 0 fully saturated rings. The molecule has 0 spiro atoms. The van der Waals surface area contributed by atoms with E-state index in [0.29, 0.717) is 0 Å². The zero-order valence-corrected chi connectivity index (χ0v) is 34.8. The molecule has 1 aromatic heterocycles. The van der Waals surface area contributed by atoms with Gasteiger partial charge in [-0.15, -0.1) is 0 Å². The molecule has 0 bridgehead atoms. The van der Waals surface area contributed by atoms with Gasteiger partial charge in [-0.1, -0.05) is 180 Å². The first-order valence-electron chi connectivity index (χ1n) is 21.3. The van der Waals surface area contributed by atoms with Crippen LogP contribution in [0.15, 0.2) is 181 Å². The van der Waals surface area contributed by atoms with E-state index in [4.69, 9.17) is 9.73 Å². The Hall–Kier alpha value is -5.93. The largest absolute Gasteiger partial charge is 0.483 e. The fourth-order valence-corrected chi connectivity index (χ4v) is 8.10. The molecule has 1 atom stereocenters. The molecule has 7 aromatic rings. The van der Waals surface area contributed by atoms with Crippen LogP contribution in [0, 0.1) is 0 Å². The average Bonchev–Trinajstić information content (AvgIpc) is 3.80. The quantitative estimate of drug-likeness (QED) is 0.0800. The minimum atomic E-state index is -0.296. The number of para-hydroxylation sites is 1. The Kier molecular flexibility index (Phi) is 13.5. The molecule has 0 aliphatic carbocycles. The number of hydrogen-bond donors (Lipinski definition) is 0. The van der Waals surface area contributed by atoms with Gasteiger partial charge in [-0.3, -0.25) is 4.99 Å². The van der Waals surface area contributed by atoms with Crippen molar-refractivity contribution in [2.75, 3.05) is 0 Å². The topological polar surface area (TPSA) is 26.5 Å². The lowest BCUT2D eigenvalue weighted by Gasteiger charge is -2.30. The molecule has 0 unspecified atom stereocenters. The summed E-state index contributed by atoms with van der Waals surface area (Å²) in [6.07, 6.45) is 10.6. The average molecular weight is 763 g/mol. The van der Waals surface area contributed by atoms with Gasteiger partial charge < -0.3 is 9.30 Å². The molecule has 0 aliphatic heterocycles. The molecule has 0 amide bonds. The molecule has 1 heterocycles. The molecular weight excluding hydrogens is 705 g/mol. The smallest absolute Gasteiger partial charge is 0.137 e. The summed E-state index contributed by atoms with van der Waals surface area (Å²) in [6, 6.07) is 58.8. The van der Waals surface area contributed by atoms with Gasteiger partial charge in [-0.25, -0.2) is 0 Å². The van der Waals surface area contributed by atoms with Gasteiger partial charge >= 0.3 is 0 Å². The number of aromatic nitrogens is 1. The summed E-state index contributed by atoms with van der Waals surface area (Å²) in [6.45, 7) is 10.1. The van der Waals surface area contributed by atoms with E-state index in [1.54, 1.807) is 0 Å². The van der Waals surface area contributed by atoms with E-state index >= 15 is 0 Å². The van der Waals surface area contributed by atoms with Crippen LogP contribution in [0.25, 0.3) is 33.4 Å². The van der Waals surface area contributed by atoms with E-state index in [9.17, 15) is 0 Å². The number of hydrogen-bond acceptors (Lipinski definition) is 2. The van der Waals surface area contributed by atoms with E-state index in [1.807, 2.05) is 0 Å². The van der Waals surface area contributed by atoms with Gasteiger partial charge in [0.15, 0.2) is 0 Å². The van der Waals surface area contributed by atoms with Crippen molar-refractivity contribution in [2.24, 2.45) is 4.99 Å².